The molecule has 0 saturated heterocycles. The summed E-state index contributed by atoms with van der Waals surface area (Å²) < 4.78 is 26.9. The van der Waals surface area contributed by atoms with Gasteiger partial charge in [0.25, 0.3) is 0 Å². The van der Waals surface area contributed by atoms with Crippen LogP contribution in [0.2, 0.25) is 0 Å². The van der Waals surface area contributed by atoms with Gasteiger partial charge in [-0.15, -0.1) is 0 Å². The third-order valence-corrected chi connectivity index (χ3v) is 7.61. The van der Waals surface area contributed by atoms with Gasteiger partial charge in [-0.3, -0.25) is 14.7 Å². The molecular formula is C30H37F2N5O3. The number of fused-ring (bicyclic) bond motifs is 1. The number of hydrogen-bond acceptors (Lipinski definition) is 6. The Morgan fingerprint density at radius 1 is 1.23 bits per heavy atom. The van der Waals surface area contributed by atoms with Crippen LogP contribution in [0.3, 0.4) is 0 Å². The van der Waals surface area contributed by atoms with Crippen molar-refractivity contribution < 1.29 is 23.5 Å². The SMILES string of the molecule is CCC(c1ccccc1)N1C(=C2CCC2)C(=NCCC=O)Nc2ccc(N(C)C(=O)C3CC(F)(F)C3)nc21.CO. The highest BCUT2D eigenvalue weighted by atomic mass is 19.3. The summed E-state index contributed by atoms with van der Waals surface area (Å²) in [5.41, 5.74) is 4.12. The Labute approximate surface area is 233 Å². The molecule has 2 fully saturated rings. The molecule has 2 N–H and O–H groups in total. The van der Waals surface area contributed by atoms with E-state index >= 15 is 0 Å². The number of aliphatic hydroxyl groups is 1. The fraction of sp³-hybridized carbons (Fsp3) is 0.467. The number of aliphatic imine (C=N–C) groups is 1. The smallest absolute Gasteiger partial charge is 0.249 e. The van der Waals surface area contributed by atoms with Gasteiger partial charge in [0.15, 0.2) is 5.82 Å². The van der Waals surface area contributed by atoms with Crippen LogP contribution in [-0.2, 0) is 9.59 Å². The lowest BCUT2D eigenvalue weighted by molar-refractivity contribution is -0.147. The Bertz CT molecular complexity index is 1270. The standard InChI is InChI=1S/C29H33F2N5O2.CH4O/c1-3-23(19-9-5-4-6-10-19)36-25(20-11-7-12-20)26(32-15-8-16-37)33-22-13-14-24(34-27(22)36)35(2)28(38)21-17-29(30,31)18-21;1-2/h4-6,9-10,13-14,16,21,23H,3,7-8,11-12,15,17-18H2,1-2H3,(H,32,33);2H,1H3. The van der Waals surface area contributed by atoms with Gasteiger partial charge in [0.2, 0.25) is 11.8 Å². The molecule has 1 atom stereocenters. The summed E-state index contributed by atoms with van der Waals surface area (Å²) in [6.07, 6.45) is 4.16. The third-order valence-electron chi connectivity index (χ3n) is 7.61. The van der Waals surface area contributed by atoms with E-state index in [9.17, 15) is 18.4 Å². The van der Waals surface area contributed by atoms with E-state index < -0.39 is 24.7 Å². The molecule has 2 aliphatic carbocycles. The largest absolute Gasteiger partial charge is 0.400 e. The van der Waals surface area contributed by atoms with Crippen molar-refractivity contribution in [3.63, 3.8) is 0 Å². The quantitative estimate of drug-likeness (QED) is 0.331. The number of rotatable bonds is 8. The molecule has 10 heteroatoms. The average Bonchev–Trinajstić information content (AvgIpc) is 2.93. The zero-order valence-corrected chi connectivity index (χ0v) is 23.2. The summed E-state index contributed by atoms with van der Waals surface area (Å²) in [4.78, 5) is 37.3. The number of hydrogen-bond donors (Lipinski definition) is 2. The Kier molecular flexibility index (Phi) is 9.29. The lowest BCUT2D eigenvalue weighted by atomic mass is 9.80. The predicted octanol–water partition coefficient (Wildman–Crippen LogP) is 5.51. The molecule has 1 aromatic carbocycles. The Balaban J connectivity index is 0.00000181. The number of aromatic nitrogens is 1. The lowest BCUT2D eigenvalue weighted by Crippen LogP contribution is -2.46. The number of aldehydes is 1. The molecule has 2 aromatic rings. The fourth-order valence-electron chi connectivity index (χ4n) is 5.35. The number of halogens is 2. The van der Waals surface area contributed by atoms with Gasteiger partial charge in [0.05, 0.1) is 17.4 Å². The Morgan fingerprint density at radius 2 is 1.93 bits per heavy atom. The number of nitrogens with one attached hydrogen (secondary N) is 1. The van der Waals surface area contributed by atoms with E-state index in [1.54, 1.807) is 13.1 Å². The van der Waals surface area contributed by atoms with Crippen molar-refractivity contribution in [3.05, 3.63) is 59.3 Å². The van der Waals surface area contributed by atoms with Crippen LogP contribution < -0.4 is 15.1 Å². The van der Waals surface area contributed by atoms with Crippen molar-refractivity contribution >= 4 is 35.4 Å². The molecular weight excluding hydrogens is 516 g/mol. The van der Waals surface area contributed by atoms with Crippen LogP contribution in [0.4, 0.5) is 26.1 Å². The maximum atomic E-state index is 13.4. The van der Waals surface area contributed by atoms with E-state index in [1.807, 2.05) is 24.3 Å². The number of nitrogens with zero attached hydrogens (tertiary/aromatic N) is 4. The minimum absolute atomic E-state index is 0.0505. The Hall–Kier alpha value is -3.66. The summed E-state index contributed by atoms with van der Waals surface area (Å²) in [7, 11) is 2.60. The van der Waals surface area contributed by atoms with Gasteiger partial charge in [0.1, 0.15) is 17.9 Å². The molecule has 1 aromatic heterocycles. The molecule has 1 amide bonds. The number of allylic oxidation sites excluding steroid dienone is 1. The molecule has 5 rings (SSSR count). The van der Waals surface area contributed by atoms with Crippen LogP contribution in [-0.4, -0.2) is 54.7 Å². The molecule has 1 aliphatic heterocycles. The Morgan fingerprint density at radius 3 is 2.50 bits per heavy atom. The first-order valence-electron chi connectivity index (χ1n) is 13.8. The summed E-state index contributed by atoms with van der Waals surface area (Å²) in [6, 6.07) is 13.7. The number of alkyl halides is 2. The highest BCUT2D eigenvalue weighted by Crippen LogP contribution is 2.46. The van der Waals surface area contributed by atoms with E-state index in [4.69, 9.17) is 15.1 Å². The van der Waals surface area contributed by atoms with Gasteiger partial charge in [0, 0.05) is 45.9 Å². The number of benzene rings is 1. The van der Waals surface area contributed by atoms with Gasteiger partial charge in [-0.2, -0.15) is 0 Å². The molecule has 8 nitrogen and oxygen atoms in total. The molecule has 40 heavy (non-hydrogen) atoms. The van der Waals surface area contributed by atoms with E-state index in [0.29, 0.717) is 24.6 Å². The van der Waals surface area contributed by atoms with Gasteiger partial charge < -0.3 is 20.1 Å². The van der Waals surface area contributed by atoms with Crippen molar-refractivity contribution in [2.75, 3.05) is 35.8 Å². The molecule has 0 bridgehead atoms. The molecule has 2 heterocycles. The fourth-order valence-corrected chi connectivity index (χ4v) is 5.35. The molecule has 2 saturated carbocycles. The minimum atomic E-state index is -2.77. The van der Waals surface area contributed by atoms with E-state index in [0.717, 1.165) is 61.9 Å². The highest BCUT2D eigenvalue weighted by Gasteiger charge is 2.49. The number of amides is 1. The number of anilines is 3. The number of aliphatic hydroxyl groups excluding tert-OH is 1. The molecule has 0 spiro atoms. The number of carbonyl (C=O) groups excluding carboxylic acids is 2. The summed E-state index contributed by atoms with van der Waals surface area (Å²) in [5.74, 6) is -2.00. The first-order valence-corrected chi connectivity index (χ1v) is 13.8. The summed E-state index contributed by atoms with van der Waals surface area (Å²) >= 11 is 0. The van der Waals surface area contributed by atoms with Crippen molar-refractivity contribution in [2.45, 2.75) is 63.8 Å². The van der Waals surface area contributed by atoms with Crippen molar-refractivity contribution in [1.29, 1.82) is 0 Å². The molecule has 1 unspecified atom stereocenters. The van der Waals surface area contributed by atoms with Crippen LogP contribution in [0.15, 0.2) is 58.7 Å². The summed E-state index contributed by atoms with van der Waals surface area (Å²) in [5, 5.41) is 10.4. The first kappa shape index (κ1) is 29.3. The zero-order valence-electron chi connectivity index (χ0n) is 23.2. The second-order valence-corrected chi connectivity index (χ2v) is 10.2. The van der Waals surface area contributed by atoms with Crippen LogP contribution in [0, 0.1) is 5.92 Å². The van der Waals surface area contributed by atoms with Gasteiger partial charge in [-0.05, 0) is 49.0 Å². The van der Waals surface area contributed by atoms with Gasteiger partial charge >= 0.3 is 0 Å². The van der Waals surface area contributed by atoms with Crippen molar-refractivity contribution in [3.8, 4) is 0 Å². The lowest BCUT2D eigenvalue weighted by Gasteiger charge is -2.42. The summed E-state index contributed by atoms with van der Waals surface area (Å²) in [6.45, 7) is 2.50. The minimum Gasteiger partial charge on any atom is -0.400 e. The zero-order chi connectivity index (χ0) is 28.9. The average molecular weight is 554 g/mol. The third kappa shape index (κ3) is 5.91. The maximum absolute atomic E-state index is 13.4. The monoisotopic (exact) mass is 553 g/mol. The van der Waals surface area contributed by atoms with Gasteiger partial charge in [-0.25, -0.2) is 13.8 Å². The topological polar surface area (TPSA) is 98.1 Å². The van der Waals surface area contributed by atoms with Crippen molar-refractivity contribution in [2.24, 2.45) is 10.9 Å². The van der Waals surface area contributed by atoms with Crippen LogP contribution in [0.25, 0.3) is 0 Å². The molecule has 214 valence electrons. The van der Waals surface area contributed by atoms with Gasteiger partial charge in [-0.1, -0.05) is 37.3 Å². The number of carbonyl (C=O) groups is 2. The van der Waals surface area contributed by atoms with E-state index in [2.05, 4.69) is 29.3 Å². The normalized spacial score (nSPS) is 19.4. The number of pyridine rings is 1. The van der Waals surface area contributed by atoms with Crippen LogP contribution in [0.5, 0.6) is 0 Å². The second-order valence-electron chi connectivity index (χ2n) is 10.2. The van der Waals surface area contributed by atoms with Crippen molar-refractivity contribution in [1.82, 2.24) is 4.98 Å². The van der Waals surface area contributed by atoms with Crippen LogP contribution >= 0.6 is 0 Å². The van der Waals surface area contributed by atoms with E-state index in [1.165, 1.54) is 10.5 Å². The number of amidine groups is 1. The first-order chi connectivity index (χ1) is 19.3. The predicted molar refractivity (Wildman–Crippen MR) is 153 cm³/mol. The van der Waals surface area contributed by atoms with E-state index in [-0.39, 0.29) is 11.9 Å². The van der Waals surface area contributed by atoms with Crippen LogP contribution in [0.1, 0.15) is 63.5 Å². The maximum Gasteiger partial charge on any atom is 0.249 e. The molecule has 3 aliphatic rings. The second kappa shape index (κ2) is 12.7. The molecule has 0 radical (unpaired) electrons. The highest BCUT2D eigenvalue weighted by molar-refractivity contribution is 6.15.